The first-order valence-corrected chi connectivity index (χ1v) is 9.80. The fourth-order valence-corrected chi connectivity index (χ4v) is 3.98. The van der Waals surface area contributed by atoms with E-state index in [4.69, 9.17) is 9.47 Å². The topological polar surface area (TPSA) is 55.8 Å². The van der Waals surface area contributed by atoms with E-state index in [2.05, 4.69) is 0 Å². The van der Waals surface area contributed by atoms with Crippen LogP contribution in [-0.2, 0) is 16.1 Å². The van der Waals surface area contributed by atoms with Gasteiger partial charge < -0.3 is 14.4 Å². The molecule has 3 aromatic rings. The number of carbonyl (C=O) groups is 2. The van der Waals surface area contributed by atoms with Crippen molar-refractivity contribution in [2.45, 2.75) is 19.1 Å². The third kappa shape index (κ3) is 3.64. The molecule has 0 unspecified atom stereocenters. The second kappa shape index (κ2) is 7.86. The Morgan fingerprint density at radius 1 is 1.11 bits per heavy atom. The molecule has 2 aromatic carbocycles. The molecule has 0 N–H and O–H groups in total. The van der Waals surface area contributed by atoms with Gasteiger partial charge in [0.05, 0.1) is 25.6 Å². The van der Waals surface area contributed by atoms with E-state index in [9.17, 15) is 9.59 Å². The second-order valence-corrected chi connectivity index (χ2v) is 7.47. The molecular formula is C22H19NO4S. The Morgan fingerprint density at radius 2 is 1.89 bits per heavy atom. The highest BCUT2D eigenvalue weighted by Gasteiger charge is 2.33. The lowest BCUT2D eigenvalue weighted by molar-refractivity contribution is -0.120. The molecule has 0 fully saturated rings. The van der Waals surface area contributed by atoms with Crippen molar-refractivity contribution >= 4 is 28.9 Å². The van der Waals surface area contributed by atoms with Crippen LogP contribution in [0.25, 0.3) is 0 Å². The van der Waals surface area contributed by atoms with E-state index in [1.54, 1.807) is 35.5 Å². The fourth-order valence-electron chi connectivity index (χ4n) is 3.28. The van der Waals surface area contributed by atoms with Crippen molar-refractivity contribution < 1.29 is 19.1 Å². The number of amides is 1. The maximum absolute atomic E-state index is 13.2. The van der Waals surface area contributed by atoms with Crippen molar-refractivity contribution in [3.8, 4) is 5.75 Å². The predicted octanol–water partition coefficient (Wildman–Crippen LogP) is 4.59. The van der Waals surface area contributed by atoms with Crippen LogP contribution in [0.3, 0.4) is 0 Å². The van der Waals surface area contributed by atoms with Gasteiger partial charge in [-0.15, -0.1) is 11.3 Å². The molecule has 5 nitrogen and oxygen atoms in total. The Kier molecular flexibility index (Phi) is 5.12. The van der Waals surface area contributed by atoms with Crippen LogP contribution < -0.4 is 9.64 Å². The predicted molar refractivity (Wildman–Crippen MR) is 108 cm³/mol. The van der Waals surface area contributed by atoms with Gasteiger partial charge in [-0.1, -0.05) is 24.3 Å². The summed E-state index contributed by atoms with van der Waals surface area (Å²) in [5.41, 5.74) is 2.08. The minimum Gasteiger partial charge on any atom is -0.497 e. The first-order chi connectivity index (χ1) is 13.7. The zero-order chi connectivity index (χ0) is 19.5. The molecule has 142 valence electrons. The number of thiophene rings is 1. The van der Waals surface area contributed by atoms with E-state index < -0.39 is 6.10 Å². The Labute approximate surface area is 167 Å². The number of carbonyl (C=O) groups excluding carboxylic acids is 2. The van der Waals surface area contributed by atoms with Gasteiger partial charge in [-0.2, -0.15) is 0 Å². The summed E-state index contributed by atoms with van der Waals surface area (Å²) in [6, 6.07) is 18.6. The Hall–Kier alpha value is -3.12. The number of hydrogen-bond acceptors (Lipinski definition) is 5. The van der Waals surface area contributed by atoms with Gasteiger partial charge in [-0.25, -0.2) is 4.79 Å². The second-order valence-electron chi connectivity index (χ2n) is 6.44. The Bertz CT molecular complexity index is 982. The smallest absolute Gasteiger partial charge is 0.339 e. The minimum absolute atomic E-state index is 0.0974. The number of methoxy groups -OCH3 is 1. The van der Waals surface area contributed by atoms with Crippen LogP contribution in [0.1, 0.15) is 33.3 Å². The van der Waals surface area contributed by atoms with E-state index in [1.807, 2.05) is 53.9 Å². The summed E-state index contributed by atoms with van der Waals surface area (Å²) in [6.45, 7) is 0.463. The highest BCUT2D eigenvalue weighted by Crippen LogP contribution is 2.34. The molecule has 1 aliphatic rings. The number of fused-ring (bicyclic) bond motifs is 1. The Morgan fingerprint density at radius 3 is 2.61 bits per heavy atom. The first-order valence-electron chi connectivity index (χ1n) is 8.92. The van der Waals surface area contributed by atoms with Crippen molar-refractivity contribution in [2.75, 3.05) is 12.0 Å². The number of esters is 1. The molecule has 0 saturated heterocycles. The molecule has 4 rings (SSSR count). The molecule has 1 amide bonds. The van der Waals surface area contributed by atoms with Gasteiger partial charge in [0, 0.05) is 16.1 Å². The van der Waals surface area contributed by atoms with E-state index in [-0.39, 0.29) is 18.3 Å². The minimum atomic E-state index is -0.555. The number of nitrogens with zero attached hydrogens (tertiary/aromatic N) is 1. The van der Waals surface area contributed by atoms with Crippen molar-refractivity contribution in [3.63, 3.8) is 0 Å². The van der Waals surface area contributed by atoms with Crippen LogP contribution in [0, 0.1) is 0 Å². The average Bonchev–Trinajstić information content (AvgIpc) is 3.35. The van der Waals surface area contributed by atoms with E-state index >= 15 is 0 Å². The van der Waals surface area contributed by atoms with Gasteiger partial charge in [0.25, 0.3) is 0 Å². The van der Waals surface area contributed by atoms with E-state index in [1.165, 1.54) is 0 Å². The molecule has 1 atom stereocenters. The lowest BCUT2D eigenvalue weighted by Gasteiger charge is -2.24. The maximum atomic E-state index is 13.2. The molecule has 0 aliphatic carbocycles. The average molecular weight is 393 g/mol. The van der Waals surface area contributed by atoms with Gasteiger partial charge >= 0.3 is 5.97 Å². The van der Waals surface area contributed by atoms with Gasteiger partial charge in [0.2, 0.25) is 5.91 Å². The molecule has 6 heteroatoms. The third-order valence-corrected chi connectivity index (χ3v) is 5.58. The van der Waals surface area contributed by atoms with Crippen LogP contribution in [-0.4, -0.2) is 19.0 Å². The Balaban J connectivity index is 1.59. The van der Waals surface area contributed by atoms with Crippen LogP contribution in [0.15, 0.2) is 66.0 Å². The van der Waals surface area contributed by atoms with Crippen LogP contribution in [0.2, 0.25) is 0 Å². The van der Waals surface area contributed by atoms with Crippen molar-refractivity contribution in [2.24, 2.45) is 0 Å². The van der Waals surface area contributed by atoms with Crippen molar-refractivity contribution in [1.29, 1.82) is 0 Å². The van der Waals surface area contributed by atoms with Crippen LogP contribution in [0.5, 0.6) is 5.75 Å². The molecule has 1 aromatic heterocycles. The van der Waals surface area contributed by atoms with Gasteiger partial charge in [0.1, 0.15) is 11.9 Å². The third-order valence-electron chi connectivity index (χ3n) is 4.72. The molecule has 2 heterocycles. The maximum Gasteiger partial charge on any atom is 0.339 e. The molecule has 28 heavy (non-hydrogen) atoms. The highest BCUT2D eigenvalue weighted by molar-refractivity contribution is 7.09. The molecule has 1 aliphatic heterocycles. The van der Waals surface area contributed by atoms with Gasteiger partial charge in [0.15, 0.2) is 0 Å². The summed E-state index contributed by atoms with van der Waals surface area (Å²) in [5.74, 6) is 0.252. The normalized spacial score (nSPS) is 15.0. The molecule has 0 radical (unpaired) electrons. The molecule has 0 spiro atoms. The number of benzene rings is 2. The monoisotopic (exact) mass is 393 g/mol. The lowest BCUT2D eigenvalue weighted by atomic mass is 10.0. The number of anilines is 1. The molecule has 0 bridgehead atoms. The fraction of sp³-hybridized carbons (Fsp3) is 0.182. The zero-order valence-electron chi connectivity index (χ0n) is 15.3. The largest absolute Gasteiger partial charge is 0.497 e. The van der Waals surface area contributed by atoms with E-state index in [0.717, 1.165) is 21.9 Å². The SMILES string of the molecule is COc1ccc(N(Cc2cccs2)C(=O)C[C@H]2OC(=O)c3ccccc32)cc1. The quantitative estimate of drug-likeness (QED) is 0.575. The summed E-state index contributed by atoms with van der Waals surface area (Å²) in [6.07, 6.45) is -0.458. The highest BCUT2D eigenvalue weighted by atomic mass is 32.1. The summed E-state index contributed by atoms with van der Waals surface area (Å²) >= 11 is 1.60. The number of cyclic esters (lactones) is 1. The lowest BCUT2D eigenvalue weighted by Crippen LogP contribution is -2.31. The summed E-state index contributed by atoms with van der Waals surface area (Å²) in [7, 11) is 1.61. The van der Waals surface area contributed by atoms with Crippen molar-refractivity contribution in [3.05, 3.63) is 82.0 Å². The summed E-state index contributed by atoms with van der Waals surface area (Å²) in [5, 5.41) is 1.99. The number of rotatable bonds is 6. The number of hydrogen-bond donors (Lipinski definition) is 0. The van der Waals surface area contributed by atoms with Gasteiger partial charge in [-0.3, -0.25) is 4.79 Å². The summed E-state index contributed by atoms with van der Waals surface area (Å²) < 4.78 is 10.7. The first kappa shape index (κ1) is 18.3. The molecule has 0 saturated carbocycles. The van der Waals surface area contributed by atoms with Crippen LogP contribution >= 0.6 is 11.3 Å². The number of ether oxygens (including phenoxy) is 2. The zero-order valence-corrected chi connectivity index (χ0v) is 16.1. The standard InChI is InChI=1S/C22H19NO4S/c1-26-16-10-8-15(9-11-16)23(14-17-5-4-12-28-17)21(24)13-20-18-6-2-3-7-19(18)22(25)27-20/h2-12,20H,13-14H2,1H3/t20-/m1/s1. The van der Waals surface area contributed by atoms with Gasteiger partial charge in [-0.05, 0) is 41.8 Å². The summed E-state index contributed by atoms with van der Waals surface area (Å²) in [4.78, 5) is 28.1. The van der Waals surface area contributed by atoms with Crippen molar-refractivity contribution in [1.82, 2.24) is 0 Å². The van der Waals surface area contributed by atoms with Crippen LogP contribution in [0.4, 0.5) is 5.69 Å². The van der Waals surface area contributed by atoms with E-state index in [0.29, 0.717) is 12.1 Å². The molecular weight excluding hydrogens is 374 g/mol.